The second-order valence-corrected chi connectivity index (χ2v) is 11.4. The van der Waals surface area contributed by atoms with E-state index in [1.165, 1.54) is 0 Å². The lowest BCUT2D eigenvalue weighted by Gasteiger charge is -2.43. The van der Waals surface area contributed by atoms with Gasteiger partial charge in [-0.15, -0.1) is 0 Å². The lowest BCUT2D eigenvalue weighted by atomic mass is 9.98. The number of carbonyl (C=O) groups excluding carboxylic acids is 2. The normalized spacial score (nSPS) is 20.2. The van der Waals surface area contributed by atoms with Crippen LogP contribution < -0.4 is 9.47 Å². The van der Waals surface area contributed by atoms with Crippen molar-refractivity contribution in [2.75, 3.05) is 6.61 Å². The summed E-state index contributed by atoms with van der Waals surface area (Å²) in [7, 11) is 0. The molecule has 0 spiro atoms. The number of hydrogen-bond donors (Lipinski definition) is 1. The summed E-state index contributed by atoms with van der Waals surface area (Å²) < 4.78 is 36.3. The molecule has 0 saturated carbocycles. The third-order valence-electron chi connectivity index (χ3n) is 7.85. The Morgan fingerprint density at radius 3 is 1.69 bits per heavy atom. The molecule has 9 nitrogen and oxygen atoms in total. The van der Waals surface area contributed by atoms with Gasteiger partial charge in [-0.25, -0.2) is 9.59 Å². The molecule has 1 aliphatic rings. The molecule has 49 heavy (non-hydrogen) atoms. The van der Waals surface area contributed by atoms with Gasteiger partial charge in [-0.2, -0.15) is 0 Å². The van der Waals surface area contributed by atoms with Crippen molar-refractivity contribution in [2.45, 2.75) is 43.9 Å². The van der Waals surface area contributed by atoms with Gasteiger partial charge in [0.05, 0.1) is 30.9 Å². The molecule has 1 N–H and O–H groups in total. The number of carbonyl (C=O) groups is 2. The van der Waals surface area contributed by atoms with Crippen LogP contribution in [0.15, 0.2) is 146 Å². The minimum absolute atomic E-state index is 0.00877. The van der Waals surface area contributed by atoms with Crippen molar-refractivity contribution in [1.82, 2.24) is 0 Å². The Hall–Kier alpha value is -5.32. The van der Waals surface area contributed by atoms with Crippen LogP contribution in [0.2, 0.25) is 0 Å². The number of hydrogen-bond acceptors (Lipinski definition) is 9. The summed E-state index contributed by atoms with van der Waals surface area (Å²) in [6, 6.07) is 42.7. The first kappa shape index (κ1) is 33.6. The highest BCUT2D eigenvalue weighted by molar-refractivity contribution is 5.91. The van der Waals surface area contributed by atoms with Crippen LogP contribution in [-0.4, -0.2) is 54.4 Å². The minimum Gasteiger partial charge on any atom is -0.461 e. The van der Waals surface area contributed by atoms with Crippen LogP contribution in [0, 0.1) is 0 Å². The predicted molar refractivity (Wildman–Crippen MR) is 180 cm³/mol. The molecular weight excluding hydrogens is 624 g/mol. The van der Waals surface area contributed by atoms with Crippen molar-refractivity contribution < 1.29 is 43.1 Å². The number of aliphatic hydroxyl groups excluding tert-OH is 1. The Kier molecular flexibility index (Phi) is 11.4. The van der Waals surface area contributed by atoms with E-state index in [2.05, 4.69) is 0 Å². The molecule has 1 fully saturated rings. The molecular formula is C40H36O9. The van der Waals surface area contributed by atoms with Crippen molar-refractivity contribution >= 4 is 11.9 Å². The van der Waals surface area contributed by atoms with Crippen LogP contribution in [0.3, 0.4) is 0 Å². The molecule has 0 radical (unpaired) electrons. The second-order valence-electron chi connectivity index (χ2n) is 11.4. The molecule has 1 heterocycles. The van der Waals surface area contributed by atoms with Crippen molar-refractivity contribution in [1.29, 1.82) is 0 Å². The fourth-order valence-electron chi connectivity index (χ4n) is 5.30. The first-order valence-corrected chi connectivity index (χ1v) is 15.9. The summed E-state index contributed by atoms with van der Waals surface area (Å²) in [5.41, 5.74) is 2.56. The van der Waals surface area contributed by atoms with Crippen molar-refractivity contribution in [2.24, 2.45) is 0 Å². The second kappa shape index (κ2) is 16.7. The van der Waals surface area contributed by atoms with Crippen molar-refractivity contribution in [3.05, 3.63) is 168 Å². The zero-order chi connectivity index (χ0) is 33.8. The first-order chi connectivity index (χ1) is 24.0. The molecule has 5 unspecified atom stereocenters. The molecule has 5 aromatic carbocycles. The SMILES string of the molecule is O=C(Oc1ccc(OC2OC(COCc3ccccc3)C(O)C(OCc3ccccc3)C2OC(=O)c2ccccc2)cc1)c1ccccc1. The van der Waals surface area contributed by atoms with E-state index in [1.807, 2.05) is 66.7 Å². The van der Waals surface area contributed by atoms with E-state index in [-0.39, 0.29) is 13.2 Å². The largest absolute Gasteiger partial charge is 0.461 e. The fraction of sp³-hybridized carbons (Fsp3) is 0.200. The number of esters is 2. The molecule has 0 aliphatic carbocycles. The average Bonchev–Trinajstić information content (AvgIpc) is 3.15. The maximum atomic E-state index is 13.4. The van der Waals surface area contributed by atoms with E-state index < -0.39 is 42.6 Å². The molecule has 0 amide bonds. The van der Waals surface area contributed by atoms with Gasteiger partial charge in [-0.3, -0.25) is 0 Å². The Morgan fingerprint density at radius 2 is 1.10 bits per heavy atom. The van der Waals surface area contributed by atoms with E-state index in [4.69, 9.17) is 28.4 Å². The zero-order valence-electron chi connectivity index (χ0n) is 26.6. The highest BCUT2D eigenvalue weighted by Crippen LogP contribution is 2.31. The summed E-state index contributed by atoms with van der Waals surface area (Å²) in [5, 5.41) is 11.6. The summed E-state index contributed by atoms with van der Waals surface area (Å²) in [6.45, 7) is 0.437. The minimum atomic E-state index is -1.24. The fourth-order valence-corrected chi connectivity index (χ4v) is 5.30. The van der Waals surface area contributed by atoms with Gasteiger partial charge in [-0.1, -0.05) is 97.1 Å². The molecule has 0 bridgehead atoms. The first-order valence-electron chi connectivity index (χ1n) is 15.9. The monoisotopic (exact) mass is 660 g/mol. The third kappa shape index (κ3) is 9.19. The molecule has 1 aliphatic heterocycles. The third-order valence-corrected chi connectivity index (χ3v) is 7.85. The van der Waals surface area contributed by atoms with E-state index in [0.717, 1.165) is 11.1 Å². The topological polar surface area (TPSA) is 110 Å². The van der Waals surface area contributed by atoms with Crippen molar-refractivity contribution in [3.63, 3.8) is 0 Å². The maximum Gasteiger partial charge on any atom is 0.343 e. The standard InChI is InChI=1S/C40H36O9/c41-35-34(27-44-25-28-13-5-1-6-14-28)48-40(47-33-23-21-32(22-24-33)46-38(42)30-17-9-3-10-18-30)37(49-39(43)31-19-11-4-12-20-31)36(35)45-26-29-15-7-2-8-16-29/h1-24,34-37,40-41H,25-27H2. The van der Waals surface area contributed by atoms with Crippen molar-refractivity contribution in [3.8, 4) is 11.5 Å². The lowest BCUT2D eigenvalue weighted by molar-refractivity contribution is -0.289. The molecule has 0 aromatic heterocycles. The number of aliphatic hydroxyl groups is 1. The molecule has 6 rings (SSSR count). The quantitative estimate of drug-likeness (QED) is 0.113. The van der Waals surface area contributed by atoms with E-state index in [9.17, 15) is 14.7 Å². The van der Waals surface area contributed by atoms with Crippen LogP contribution >= 0.6 is 0 Å². The van der Waals surface area contributed by atoms with E-state index >= 15 is 0 Å². The average molecular weight is 661 g/mol. The van der Waals surface area contributed by atoms with Gasteiger partial charge in [0, 0.05) is 0 Å². The number of ether oxygens (including phenoxy) is 6. The highest BCUT2D eigenvalue weighted by Gasteiger charge is 2.50. The van der Waals surface area contributed by atoms with Gasteiger partial charge in [-0.05, 0) is 59.7 Å². The molecule has 9 heteroatoms. The van der Waals surface area contributed by atoms with Gasteiger partial charge in [0.2, 0.25) is 6.29 Å². The van der Waals surface area contributed by atoms with E-state index in [1.54, 1.807) is 78.9 Å². The number of benzene rings is 5. The van der Waals surface area contributed by atoms with Gasteiger partial charge in [0.15, 0.2) is 6.10 Å². The smallest absolute Gasteiger partial charge is 0.343 e. The van der Waals surface area contributed by atoms with Gasteiger partial charge >= 0.3 is 11.9 Å². The summed E-state index contributed by atoms with van der Waals surface area (Å²) >= 11 is 0. The maximum absolute atomic E-state index is 13.4. The van der Waals surface area contributed by atoms with Crippen LogP contribution in [0.1, 0.15) is 31.8 Å². The zero-order valence-corrected chi connectivity index (χ0v) is 26.6. The van der Waals surface area contributed by atoms with Crippen LogP contribution in [0.25, 0.3) is 0 Å². The Balaban J connectivity index is 1.24. The Labute approximate surface area is 284 Å². The lowest BCUT2D eigenvalue weighted by Crippen LogP contribution is -2.62. The highest BCUT2D eigenvalue weighted by atomic mass is 16.7. The van der Waals surface area contributed by atoms with Gasteiger partial charge in [0.1, 0.15) is 29.8 Å². The predicted octanol–water partition coefficient (Wildman–Crippen LogP) is 6.40. The van der Waals surface area contributed by atoms with Crippen LogP contribution in [0.5, 0.6) is 11.5 Å². The number of rotatable bonds is 13. The Morgan fingerprint density at radius 1 is 0.592 bits per heavy atom. The molecule has 5 atom stereocenters. The van der Waals surface area contributed by atoms with E-state index in [0.29, 0.717) is 29.2 Å². The van der Waals surface area contributed by atoms with Crippen LogP contribution in [-0.2, 0) is 32.2 Å². The van der Waals surface area contributed by atoms with Gasteiger partial charge in [0.25, 0.3) is 0 Å². The Bertz CT molecular complexity index is 1750. The van der Waals surface area contributed by atoms with Gasteiger partial charge < -0.3 is 33.5 Å². The summed E-state index contributed by atoms with van der Waals surface area (Å²) in [4.78, 5) is 25.9. The summed E-state index contributed by atoms with van der Waals surface area (Å²) in [6.07, 6.45) is -5.59. The summed E-state index contributed by atoms with van der Waals surface area (Å²) in [5.74, 6) is -0.481. The molecule has 250 valence electrons. The molecule has 1 saturated heterocycles. The molecule has 5 aromatic rings. The van der Waals surface area contributed by atoms with Crippen LogP contribution in [0.4, 0.5) is 0 Å².